The summed E-state index contributed by atoms with van der Waals surface area (Å²) in [5, 5.41) is 1.83. The van der Waals surface area contributed by atoms with Gasteiger partial charge in [0.1, 0.15) is 0 Å². The molecule has 3 rings (SSSR count). The highest BCUT2D eigenvalue weighted by molar-refractivity contribution is 7.71. The van der Waals surface area contributed by atoms with Crippen LogP contribution in [0.5, 0.6) is 0 Å². The Labute approximate surface area is 170 Å². The van der Waals surface area contributed by atoms with Crippen LogP contribution >= 0.6 is 23.8 Å². The zero-order valence-electron chi connectivity index (χ0n) is 14.1. The molecule has 0 unspecified atom stereocenters. The van der Waals surface area contributed by atoms with Gasteiger partial charge >= 0.3 is 18.0 Å². The Bertz CT molecular complexity index is 1250. The summed E-state index contributed by atoms with van der Waals surface area (Å²) in [5.41, 5.74) is -0.232. The SMILES string of the molecule is O=C(Nc1ccc(Cl)cc1C(F)(F)F)C(=O)Nn1c(=S)[nH]c2ccccc2c1=O. The summed E-state index contributed by atoms with van der Waals surface area (Å²) in [6.45, 7) is 0. The topological polar surface area (TPSA) is 96.0 Å². The highest BCUT2D eigenvalue weighted by Gasteiger charge is 2.34. The highest BCUT2D eigenvalue weighted by Crippen LogP contribution is 2.36. The lowest BCUT2D eigenvalue weighted by Gasteiger charge is -2.14. The Hall–Kier alpha value is -3.18. The van der Waals surface area contributed by atoms with E-state index in [1.807, 2.05) is 10.7 Å². The van der Waals surface area contributed by atoms with Crippen molar-refractivity contribution >= 4 is 52.2 Å². The van der Waals surface area contributed by atoms with Crippen molar-refractivity contribution in [1.29, 1.82) is 0 Å². The number of alkyl halides is 3. The number of H-pyrrole nitrogens is 1. The first kappa shape index (κ1) is 20.6. The number of amides is 2. The van der Waals surface area contributed by atoms with E-state index in [2.05, 4.69) is 4.98 Å². The maximum absolute atomic E-state index is 13.1. The lowest BCUT2D eigenvalue weighted by atomic mass is 10.1. The van der Waals surface area contributed by atoms with Gasteiger partial charge in [0, 0.05) is 5.02 Å². The molecule has 0 aliphatic heterocycles. The number of para-hydroxylation sites is 1. The minimum absolute atomic E-state index is 0.180. The van der Waals surface area contributed by atoms with E-state index in [0.29, 0.717) is 16.3 Å². The van der Waals surface area contributed by atoms with Crippen molar-refractivity contribution in [2.24, 2.45) is 0 Å². The third-order valence-corrected chi connectivity index (χ3v) is 4.28. The van der Waals surface area contributed by atoms with Gasteiger partial charge in [-0.3, -0.25) is 14.4 Å². The van der Waals surface area contributed by atoms with Crippen LogP contribution in [0.4, 0.5) is 18.9 Å². The summed E-state index contributed by atoms with van der Waals surface area (Å²) in [7, 11) is 0. The first-order valence-corrected chi connectivity index (χ1v) is 8.59. The number of carbonyl (C=O) groups is 2. The van der Waals surface area contributed by atoms with Gasteiger partial charge in [-0.1, -0.05) is 23.7 Å². The van der Waals surface area contributed by atoms with Gasteiger partial charge in [0.2, 0.25) is 0 Å². The van der Waals surface area contributed by atoms with Crippen molar-refractivity contribution < 1.29 is 22.8 Å². The molecule has 7 nitrogen and oxygen atoms in total. The lowest BCUT2D eigenvalue weighted by molar-refractivity contribution is -0.137. The first-order chi connectivity index (χ1) is 13.6. The van der Waals surface area contributed by atoms with Crippen LogP contribution in [0.25, 0.3) is 10.9 Å². The van der Waals surface area contributed by atoms with Crippen LogP contribution in [-0.4, -0.2) is 21.5 Å². The van der Waals surface area contributed by atoms with Gasteiger partial charge in [-0.05, 0) is 42.5 Å². The molecule has 150 valence electrons. The minimum atomic E-state index is -4.82. The molecule has 0 fully saturated rings. The van der Waals surface area contributed by atoms with Gasteiger partial charge in [0.25, 0.3) is 5.56 Å². The third kappa shape index (κ3) is 4.30. The largest absolute Gasteiger partial charge is 0.418 e. The van der Waals surface area contributed by atoms with E-state index in [-0.39, 0.29) is 15.2 Å². The van der Waals surface area contributed by atoms with Crippen LogP contribution in [-0.2, 0) is 15.8 Å². The summed E-state index contributed by atoms with van der Waals surface area (Å²) in [6, 6.07) is 8.94. The number of rotatable bonds is 2. The van der Waals surface area contributed by atoms with Gasteiger partial charge in [0.15, 0.2) is 4.77 Å². The van der Waals surface area contributed by atoms with E-state index in [1.165, 1.54) is 6.07 Å². The zero-order valence-corrected chi connectivity index (χ0v) is 15.7. The molecule has 2 amide bonds. The average Bonchev–Trinajstić information content (AvgIpc) is 2.65. The fraction of sp³-hybridized carbons (Fsp3) is 0.0588. The van der Waals surface area contributed by atoms with Crippen LogP contribution in [0.1, 0.15) is 5.56 Å². The van der Waals surface area contributed by atoms with Gasteiger partial charge < -0.3 is 10.3 Å². The minimum Gasteiger partial charge on any atom is -0.330 e. The second-order valence-electron chi connectivity index (χ2n) is 5.70. The monoisotopic (exact) mass is 442 g/mol. The molecule has 0 aliphatic rings. The number of hydrogen-bond donors (Lipinski definition) is 3. The molecule has 1 heterocycles. The number of aromatic amines is 1. The Morgan fingerprint density at radius 2 is 1.79 bits per heavy atom. The van der Waals surface area contributed by atoms with Gasteiger partial charge in [0.05, 0.1) is 22.2 Å². The van der Waals surface area contributed by atoms with Crippen LogP contribution < -0.4 is 16.3 Å². The molecule has 1 aromatic heterocycles. The molecular formula is C17H10ClF3N4O3S. The van der Waals surface area contributed by atoms with Crippen LogP contribution in [0.3, 0.4) is 0 Å². The Morgan fingerprint density at radius 1 is 1.10 bits per heavy atom. The predicted octanol–water partition coefficient (Wildman–Crippen LogP) is 3.44. The Morgan fingerprint density at radius 3 is 2.48 bits per heavy atom. The van der Waals surface area contributed by atoms with Crippen molar-refractivity contribution in [3.05, 3.63) is 68.2 Å². The number of halogens is 4. The third-order valence-electron chi connectivity index (χ3n) is 3.76. The molecule has 29 heavy (non-hydrogen) atoms. The standard InChI is InChI=1S/C17H10ClF3N4O3S/c18-8-5-6-12(10(7-8)17(19,20)21)22-13(26)14(27)24-25-15(28)9-3-1-2-4-11(9)23-16(25)29/h1-7H,(H,22,26)(H,23,29)(H,24,27). The fourth-order valence-electron chi connectivity index (χ4n) is 2.46. The van der Waals surface area contributed by atoms with Gasteiger partial charge in [-0.25, -0.2) is 5.43 Å². The van der Waals surface area contributed by atoms with Crippen LogP contribution in [0, 0.1) is 4.77 Å². The number of nitrogens with zero attached hydrogens (tertiary/aromatic N) is 1. The summed E-state index contributed by atoms with van der Waals surface area (Å²) < 4.78 is 39.7. The average molecular weight is 443 g/mol. The molecule has 0 bridgehead atoms. The van der Waals surface area contributed by atoms with Crippen molar-refractivity contribution in [3.63, 3.8) is 0 Å². The van der Waals surface area contributed by atoms with Crippen molar-refractivity contribution in [3.8, 4) is 0 Å². The summed E-state index contributed by atoms with van der Waals surface area (Å²) >= 11 is 10.5. The van der Waals surface area contributed by atoms with Gasteiger partial charge in [-0.15, -0.1) is 0 Å². The normalized spacial score (nSPS) is 11.3. The van der Waals surface area contributed by atoms with Gasteiger partial charge in [-0.2, -0.15) is 17.8 Å². The van der Waals surface area contributed by atoms with Crippen LogP contribution in [0.15, 0.2) is 47.3 Å². The first-order valence-electron chi connectivity index (χ1n) is 7.81. The summed E-state index contributed by atoms with van der Waals surface area (Å²) in [5.74, 6) is -2.84. The maximum Gasteiger partial charge on any atom is 0.418 e. The number of anilines is 1. The Balaban J connectivity index is 1.88. The molecule has 12 heteroatoms. The molecule has 3 N–H and O–H groups in total. The maximum atomic E-state index is 13.1. The number of benzene rings is 2. The van der Waals surface area contributed by atoms with E-state index >= 15 is 0 Å². The quantitative estimate of drug-likeness (QED) is 0.418. The summed E-state index contributed by atoms with van der Waals surface area (Å²) in [4.78, 5) is 39.4. The number of carbonyl (C=O) groups excluding carboxylic acids is 2. The summed E-state index contributed by atoms with van der Waals surface area (Å²) in [6.07, 6.45) is -4.82. The molecule has 0 atom stereocenters. The molecule has 0 saturated heterocycles. The Kier molecular flexibility index (Phi) is 5.44. The number of nitrogens with one attached hydrogen (secondary N) is 3. The van der Waals surface area contributed by atoms with Crippen LogP contribution in [0.2, 0.25) is 5.02 Å². The van der Waals surface area contributed by atoms with Crippen molar-refractivity contribution in [2.45, 2.75) is 6.18 Å². The van der Waals surface area contributed by atoms with E-state index in [0.717, 1.165) is 12.1 Å². The number of hydrogen-bond acceptors (Lipinski definition) is 4. The molecule has 0 saturated carbocycles. The lowest BCUT2D eigenvalue weighted by Crippen LogP contribution is -2.40. The molecule has 0 spiro atoms. The molecule has 2 aromatic carbocycles. The highest BCUT2D eigenvalue weighted by atomic mass is 35.5. The van der Waals surface area contributed by atoms with E-state index in [1.54, 1.807) is 18.2 Å². The predicted molar refractivity (Wildman–Crippen MR) is 103 cm³/mol. The molecule has 0 radical (unpaired) electrons. The van der Waals surface area contributed by atoms with E-state index < -0.39 is 34.8 Å². The van der Waals surface area contributed by atoms with Crippen molar-refractivity contribution in [2.75, 3.05) is 10.7 Å². The second-order valence-corrected chi connectivity index (χ2v) is 6.52. The second kappa shape index (κ2) is 7.68. The molecule has 0 aliphatic carbocycles. The number of aromatic nitrogens is 2. The zero-order chi connectivity index (χ0) is 21.3. The molecule has 3 aromatic rings. The fourth-order valence-corrected chi connectivity index (χ4v) is 2.87. The number of fused-ring (bicyclic) bond motifs is 1. The van der Waals surface area contributed by atoms with E-state index in [9.17, 15) is 27.6 Å². The molecular weight excluding hydrogens is 433 g/mol. The van der Waals surface area contributed by atoms with Crippen molar-refractivity contribution in [1.82, 2.24) is 9.66 Å². The smallest absolute Gasteiger partial charge is 0.330 e. The van der Waals surface area contributed by atoms with E-state index in [4.69, 9.17) is 23.8 Å².